The molecular weight excluding hydrogens is 438 g/mol. The van der Waals surface area contributed by atoms with Gasteiger partial charge in [0.1, 0.15) is 12.4 Å². The second kappa shape index (κ2) is 11.8. The van der Waals surface area contributed by atoms with Crippen molar-refractivity contribution in [2.45, 2.75) is 25.9 Å². The number of benzene rings is 3. The second-order valence-electron chi connectivity index (χ2n) is 8.60. The molecule has 0 N–H and O–H groups in total. The maximum absolute atomic E-state index is 13.1. The average Bonchev–Trinajstić information content (AvgIpc) is 2.92. The van der Waals surface area contributed by atoms with Crippen LogP contribution in [0.15, 0.2) is 78.9 Å². The molecule has 2 amide bonds. The molecule has 0 spiro atoms. The summed E-state index contributed by atoms with van der Waals surface area (Å²) in [4.78, 5) is 29.3. The van der Waals surface area contributed by atoms with E-state index in [2.05, 4.69) is 18.2 Å². The first-order chi connectivity index (χ1) is 17.1. The number of aryl methyl sites for hydroxylation is 1. The summed E-state index contributed by atoms with van der Waals surface area (Å²) in [5.41, 5.74) is 3.18. The molecule has 0 aromatic heterocycles. The van der Waals surface area contributed by atoms with Crippen molar-refractivity contribution >= 4 is 11.8 Å². The van der Waals surface area contributed by atoms with Gasteiger partial charge in [-0.3, -0.25) is 9.59 Å². The summed E-state index contributed by atoms with van der Waals surface area (Å²) in [6.45, 7) is 2.40. The Kier molecular flexibility index (Phi) is 8.13. The minimum absolute atomic E-state index is 0.0657. The molecular formula is C29H29N3O3. The van der Waals surface area contributed by atoms with Gasteiger partial charge in [-0.25, -0.2) is 0 Å². The van der Waals surface area contributed by atoms with Gasteiger partial charge in [0.2, 0.25) is 5.91 Å². The smallest absolute Gasteiger partial charge is 0.254 e. The van der Waals surface area contributed by atoms with Gasteiger partial charge in [0.05, 0.1) is 11.6 Å². The van der Waals surface area contributed by atoms with Crippen LogP contribution in [0.25, 0.3) is 0 Å². The predicted molar refractivity (Wildman–Crippen MR) is 134 cm³/mol. The Bertz CT molecular complexity index is 1200. The fraction of sp³-hybridized carbons (Fsp3) is 0.276. The van der Waals surface area contributed by atoms with Crippen molar-refractivity contribution in [3.63, 3.8) is 0 Å². The molecule has 1 heterocycles. The lowest BCUT2D eigenvalue weighted by atomic mass is 10.1. The van der Waals surface area contributed by atoms with Crippen molar-refractivity contribution in [3.05, 3.63) is 101 Å². The summed E-state index contributed by atoms with van der Waals surface area (Å²) in [5, 5.41) is 9.24. The van der Waals surface area contributed by atoms with Crippen LogP contribution in [0.3, 0.4) is 0 Å². The first kappa shape index (κ1) is 24.0. The van der Waals surface area contributed by atoms with Crippen LogP contribution in [0.4, 0.5) is 0 Å². The van der Waals surface area contributed by atoms with Gasteiger partial charge >= 0.3 is 0 Å². The number of nitrogens with zero attached hydrogens (tertiary/aromatic N) is 3. The van der Waals surface area contributed by atoms with Crippen LogP contribution in [0.2, 0.25) is 0 Å². The third-order valence-electron chi connectivity index (χ3n) is 6.23. The number of hydrogen-bond acceptors (Lipinski definition) is 4. The van der Waals surface area contributed by atoms with Gasteiger partial charge in [0, 0.05) is 43.7 Å². The van der Waals surface area contributed by atoms with E-state index in [1.807, 2.05) is 41.3 Å². The first-order valence-corrected chi connectivity index (χ1v) is 12.0. The quantitative estimate of drug-likeness (QED) is 0.491. The third-order valence-corrected chi connectivity index (χ3v) is 6.23. The summed E-state index contributed by atoms with van der Waals surface area (Å²) >= 11 is 0. The molecule has 3 aromatic carbocycles. The molecule has 4 rings (SSSR count). The second-order valence-corrected chi connectivity index (χ2v) is 8.60. The summed E-state index contributed by atoms with van der Waals surface area (Å²) < 4.78 is 5.86. The van der Waals surface area contributed by atoms with Crippen molar-refractivity contribution in [2.24, 2.45) is 0 Å². The summed E-state index contributed by atoms with van der Waals surface area (Å²) in [5.74, 6) is 0.668. The van der Waals surface area contributed by atoms with Crippen LogP contribution >= 0.6 is 0 Å². The molecule has 35 heavy (non-hydrogen) atoms. The standard InChI is InChI=1S/C29H29N3O3/c30-21-25-11-4-5-12-26(25)22-35-27-14-7-13-24(20-27)29(34)32-18-16-31(17-19-32)28(33)15-6-10-23-8-2-1-3-9-23/h1-5,7-9,11-14,20H,6,10,15-19,22H2. The number of piperazine rings is 1. The Morgan fingerprint density at radius 2 is 1.57 bits per heavy atom. The van der Waals surface area contributed by atoms with Gasteiger partial charge in [-0.2, -0.15) is 5.26 Å². The number of hydrogen-bond donors (Lipinski definition) is 0. The zero-order valence-corrected chi connectivity index (χ0v) is 19.7. The fourth-order valence-electron chi connectivity index (χ4n) is 4.22. The normalized spacial score (nSPS) is 13.2. The molecule has 3 aromatic rings. The van der Waals surface area contributed by atoms with Gasteiger partial charge in [-0.05, 0) is 42.7 Å². The number of nitriles is 1. The summed E-state index contributed by atoms with van der Waals surface area (Å²) in [6, 6.07) is 26.8. The minimum Gasteiger partial charge on any atom is -0.489 e. The van der Waals surface area contributed by atoms with E-state index in [0.29, 0.717) is 49.5 Å². The van der Waals surface area contributed by atoms with E-state index >= 15 is 0 Å². The van der Waals surface area contributed by atoms with Crippen LogP contribution in [0, 0.1) is 11.3 Å². The van der Waals surface area contributed by atoms with Gasteiger partial charge in [-0.1, -0.05) is 54.6 Å². The number of carbonyl (C=O) groups is 2. The molecule has 1 fully saturated rings. The average molecular weight is 468 g/mol. The Hall–Kier alpha value is -4.11. The highest BCUT2D eigenvalue weighted by Crippen LogP contribution is 2.19. The van der Waals surface area contributed by atoms with Gasteiger partial charge in [-0.15, -0.1) is 0 Å². The topological polar surface area (TPSA) is 73.6 Å². The number of carbonyl (C=O) groups excluding carboxylic acids is 2. The molecule has 1 aliphatic heterocycles. The molecule has 0 atom stereocenters. The van der Waals surface area contributed by atoms with Crippen LogP contribution in [0.1, 0.15) is 39.9 Å². The highest BCUT2D eigenvalue weighted by molar-refractivity contribution is 5.94. The molecule has 1 aliphatic rings. The van der Waals surface area contributed by atoms with E-state index in [0.717, 1.165) is 18.4 Å². The monoisotopic (exact) mass is 467 g/mol. The van der Waals surface area contributed by atoms with E-state index < -0.39 is 0 Å². The van der Waals surface area contributed by atoms with Crippen LogP contribution < -0.4 is 4.74 Å². The van der Waals surface area contributed by atoms with Crippen molar-refractivity contribution in [1.82, 2.24) is 9.80 Å². The van der Waals surface area contributed by atoms with Crippen LogP contribution in [0.5, 0.6) is 5.75 Å². The molecule has 0 radical (unpaired) electrons. The lowest BCUT2D eigenvalue weighted by molar-refractivity contribution is -0.132. The van der Waals surface area contributed by atoms with E-state index in [-0.39, 0.29) is 18.4 Å². The van der Waals surface area contributed by atoms with Crippen molar-refractivity contribution in [3.8, 4) is 11.8 Å². The maximum atomic E-state index is 13.1. The molecule has 0 aliphatic carbocycles. The first-order valence-electron chi connectivity index (χ1n) is 12.0. The lowest BCUT2D eigenvalue weighted by Gasteiger charge is -2.35. The van der Waals surface area contributed by atoms with Gasteiger partial charge < -0.3 is 14.5 Å². The Balaban J connectivity index is 1.26. The SMILES string of the molecule is N#Cc1ccccc1COc1cccc(C(=O)N2CCN(C(=O)CCCc3ccccc3)CC2)c1. The van der Waals surface area contributed by atoms with Crippen molar-refractivity contribution in [2.75, 3.05) is 26.2 Å². The molecule has 178 valence electrons. The third kappa shape index (κ3) is 6.48. The van der Waals surface area contributed by atoms with E-state index in [9.17, 15) is 14.9 Å². The number of rotatable bonds is 8. The van der Waals surface area contributed by atoms with Crippen LogP contribution in [-0.2, 0) is 17.8 Å². The van der Waals surface area contributed by atoms with Crippen LogP contribution in [-0.4, -0.2) is 47.8 Å². The number of amides is 2. The van der Waals surface area contributed by atoms with Gasteiger partial charge in [0.15, 0.2) is 0 Å². The maximum Gasteiger partial charge on any atom is 0.254 e. The largest absolute Gasteiger partial charge is 0.489 e. The molecule has 6 nitrogen and oxygen atoms in total. The molecule has 0 bridgehead atoms. The molecule has 0 saturated carbocycles. The van der Waals surface area contributed by atoms with Gasteiger partial charge in [0.25, 0.3) is 5.91 Å². The van der Waals surface area contributed by atoms with E-state index in [4.69, 9.17) is 4.74 Å². The summed E-state index contributed by atoms with van der Waals surface area (Å²) in [7, 11) is 0. The summed E-state index contributed by atoms with van der Waals surface area (Å²) in [6.07, 6.45) is 2.25. The predicted octanol–water partition coefficient (Wildman–Crippen LogP) is 4.44. The molecule has 6 heteroatoms. The zero-order valence-electron chi connectivity index (χ0n) is 19.7. The zero-order chi connectivity index (χ0) is 24.5. The minimum atomic E-state index is -0.0657. The van der Waals surface area contributed by atoms with Crippen molar-refractivity contribution < 1.29 is 14.3 Å². The highest BCUT2D eigenvalue weighted by Gasteiger charge is 2.24. The highest BCUT2D eigenvalue weighted by atomic mass is 16.5. The molecule has 1 saturated heterocycles. The Labute approximate surface area is 206 Å². The van der Waals surface area contributed by atoms with Crippen molar-refractivity contribution in [1.29, 1.82) is 5.26 Å². The van der Waals surface area contributed by atoms with E-state index in [1.165, 1.54) is 5.56 Å². The lowest BCUT2D eigenvalue weighted by Crippen LogP contribution is -2.50. The van der Waals surface area contributed by atoms with E-state index in [1.54, 1.807) is 35.2 Å². The Morgan fingerprint density at radius 1 is 0.857 bits per heavy atom. The molecule has 0 unspecified atom stereocenters. The Morgan fingerprint density at radius 3 is 2.34 bits per heavy atom. The fourth-order valence-corrected chi connectivity index (χ4v) is 4.22. The number of ether oxygens (including phenoxy) is 1.